The Labute approximate surface area is 151 Å². The predicted molar refractivity (Wildman–Crippen MR) is 94.5 cm³/mol. The highest BCUT2D eigenvalue weighted by atomic mass is 16.5. The van der Waals surface area contributed by atoms with Gasteiger partial charge in [-0.2, -0.15) is 0 Å². The van der Waals surface area contributed by atoms with Crippen LogP contribution in [-0.4, -0.2) is 33.0 Å². The molecule has 0 aromatic rings. The van der Waals surface area contributed by atoms with Crippen molar-refractivity contribution in [3.8, 4) is 0 Å². The molecular formula is C21H34O4. The molecule has 8 atom stereocenters. The smallest absolute Gasteiger partial charge is 0.189 e. The second-order valence-corrected chi connectivity index (χ2v) is 10.2. The summed E-state index contributed by atoms with van der Waals surface area (Å²) in [6, 6.07) is 0. The summed E-state index contributed by atoms with van der Waals surface area (Å²) in [5.74, 6) is 0.184. The summed E-state index contributed by atoms with van der Waals surface area (Å²) in [7, 11) is 0. The summed E-state index contributed by atoms with van der Waals surface area (Å²) < 4.78 is 0. The Bertz CT molecular complexity index is 572. The van der Waals surface area contributed by atoms with Crippen molar-refractivity contribution in [3.63, 3.8) is 0 Å². The molecule has 0 radical (unpaired) electrons. The lowest BCUT2D eigenvalue weighted by Crippen LogP contribution is -2.62. The predicted octanol–water partition coefficient (Wildman–Crippen LogP) is 2.89. The van der Waals surface area contributed by atoms with Gasteiger partial charge in [0.15, 0.2) is 5.79 Å². The Morgan fingerprint density at radius 1 is 1.04 bits per heavy atom. The van der Waals surface area contributed by atoms with Gasteiger partial charge in [0.05, 0.1) is 0 Å². The number of ketones is 1. The van der Waals surface area contributed by atoms with Crippen LogP contribution in [-0.2, 0) is 4.79 Å². The highest BCUT2D eigenvalue weighted by Crippen LogP contribution is 2.67. The fourth-order valence-corrected chi connectivity index (χ4v) is 7.86. The maximum atomic E-state index is 13.4. The molecule has 0 bridgehead atoms. The molecule has 4 heteroatoms. The largest absolute Gasteiger partial charge is 0.388 e. The fraction of sp³-hybridized carbons (Fsp3) is 0.952. The zero-order valence-corrected chi connectivity index (χ0v) is 15.9. The molecule has 4 aliphatic rings. The Kier molecular flexibility index (Phi) is 3.97. The fourth-order valence-electron chi connectivity index (χ4n) is 7.86. The van der Waals surface area contributed by atoms with E-state index >= 15 is 0 Å². The molecule has 4 rings (SSSR count). The normalized spacial score (nSPS) is 54.6. The molecule has 0 amide bonds. The van der Waals surface area contributed by atoms with Crippen molar-refractivity contribution in [1.82, 2.24) is 0 Å². The van der Waals surface area contributed by atoms with E-state index in [1.54, 1.807) is 0 Å². The molecule has 4 saturated carbocycles. The van der Waals surface area contributed by atoms with Crippen molar-refractivity contribution in [2.45, 2.75) is 84.0 Å². The third kappa shape index (κ3) is 2.33. The van der Waals surface area contributed by atoms with Crippen molar-refractivity contribution in [1.29, 1.82) is 0 Å². The Balaban J connectivity index is 1.69. The number of aliphatic hydroxyl groups is 3. The first-order chi connectivity index (χ1) is 11.6. The number of fused-ring (bicyclic) bond motifs is 5. The van der Waals surface area contributed by atoms with Crippen molar-refractivity contribution >= 4 is 5.78 Å². The van der Waals surface area contributed by atoms with Crippen molar-refractivity contribution in [3.05, 3.63) is 0 Å². The number of hydrogen-bond donors (Lipinski definition) is 3. The van der Waals surface area contributed by atoms with Crippen molar-refractivity contribution in [2.24, 2.45) is 40.4 Å². The number of carbonyl (C=O) groups is 1. The van der Waals surface area contributed by atoms with Gasteiger partial charge in [-0.25, -0.2) is 0 Å². The van der Waals surface area contributed by atoms with Gasteiger partial charge in [0.1, 0.15) is 11.9 Å². The Hall–Kier alpha value is -0.450. The quantitative estimate of drug-likeness (QED) is 0.636. The van der Waals surface area contributed by atoms with Crippen LogP contribution in [0.5, 0.6) is 0 Å². The average Bonchev–Trinajstić information content (AvgIpc) is 2.84. The average molecular weight is 350 g/mol. The van der Waals surface area contributed by atoms with E-state index in [1.807, 2.05) is 0 Å². The molecule has 4 nitrogen and oxygen atoms in total. The molecule has 0 saturated heterocycles. The molecule has 2 unspecified atom stereocenters. The van der Waals surface area contributed by atoms with Gasteiger partial charge >= 0.3 is 0 Å². The maximum Gasteiger partial charge on any atom is 0.189 e. The lowest BCUT2D eigenvalue weighted by atomic mass is 9.43. The molecule has 0 aliphatic heterocycles. The molecular weight excluding hydrogens is 316 g/mol. The van der Waals surface area contributed by atoms with E-state index in [4.69, 9.17) is 0 Å². The second-order valence-electron chi connectivity index (χ2n) is 10.2. The van der Waals surface area contributed by atoms with Crippen LogP contribution >= 0.6 is 0 Å². The third-order valence-electron chi connectivity index (χ3n) is 9.15. The van der Waals surface area contributed by atoms with Gasteiger partial charge in [0.25, 0.3) is 0 Å². The third-order valence-corrected chi connectivity index (χ3v) is 9.15. The van der Waals surface area contributed by atoms with Crippen LogP contribution in [0.2, 0.25) is 0 Å². The SMILES string of the molecule is CC[C@H]1CC[C@H]2[C@@H]3CCC4CC(O)(O)C(O)C[C@]4(C)[C@H]3C(=O)C[C@]12C. The van der Waals surface area contributed by atoms with Gasteiger partial charge in [-0.15, -0.1) is 0 Å². The van der Waals surface area contributed by atoms with Crippen molar-refractivity contribution < 1.29 is 20.1 Å². The molecule has 0 aromatic heterocycles. The lowest BCUT2D eigenvalue weighted by molar-refractivity contribution is -0.281. The topological polar surface area (TPSA) is 77.8 Å². The van der Waals surface area contributed by atoms with E-state index < -0.39 is 11.9 Å². The van der Waals surface area contributed by atoms with Gasteiger partial charge < -0.3 is 15.3 Å². The molecule has 4 fully saturated rings. The zero-order valence-electron chi connectivity index (χ0n) is 15.9. The van der Waals surface area contributed by atoms with Crippen LogP contribution < -0.4 is 0 Å². The van der Waals surface area contributed by atoms with Crippen LogP contribution in [0, 0.1) is 40.4 Å². The highest BCUT2D eigenvalue weighted by Gasteiger charge is 2.65. The molecule has 3 N–H and O–H groups in total. The molecule has 0 aromatic carbocycles. The van der Waals surface area contributed by atoms with Gasteiger partial charge in [0, 0.05) is 18.8 Å². The molecule has 25 heavy (non-hydrogen) atoms. The lowest BCUT2D eigenvalue weighted by Gasteiger charge is -2.61. The number of rotatable bonds is 1. The number of Topliss-reactive ketones (excluding diaryl/α,β-unsaturated/α-hetero) is 1. The van der Waals surface area contributed by atoms with E-state index in [9.17, 15) is 20.1 Å². The summed E-state index contributed by atoms with van der Waals surface area (Å²) in [6.45, 7) is 6.75. The monoisotopic (exact) mass is 350 g/mol. The zero-order chi connectivity index (χ0) is 18.2. The minimum absolute atomic E-state index is 0.00863. The van der Waals surface area contributed by atoms with Gasteiger partial charge in [-0.05, 0) is 66.6 Å². The van der Waals surface area contributed by atoms with Crippen LogP contribution in [0.15, 0.2) is 0 Å². The van der Waals surface area contributed by atoms with E-state index in [2.05, 4.69) is 20.8 Å². The van der Waals surface area contributed by atoms with E-state index in [-0.39, 0.29) is 29.1 Å². The first-order valence-electron chi connectivity index (χ1n) is 10.3. The molecule has 0 heterocycles. The summed E-state index contributed by atoms with van der Waals surface area (Å²) in [5, 5.41) is 30.6. The van der Waals surface area contributed by atoms with Crippen LogP contribution in [0.3, 0.4) is 0 Å². The minimum Gasteiger partial charge on any atom is -0.388 e. The minimum atomic E-state index is -2.00. The van der Waals surface area contributed by atoms with Crippen LogP contribution in [0.25, 0.3) is 0 Å². The van der Waals surface area contributed by atoms with E-state index in [0.717, 1.165) is 19.3 Å². The maximum absolute atomic E-state index is 13.4. The molecule has 142 valence electrons. The first-order valence-corrected chi connectivity index (χ1v) is 10.3. The number of aliphatic hydroxyl groups excluding tert-OH is 1. The summed E-state index contributed by atoms with van der Waals surface area (Å²) in [5.41, 5.74) is -0.138. The Morgan fingerprint density at radius 3 is 2.44 bits per heavy atom. The first kappa shape index (κ1) is 17.9. The van der Waals surface area contributed by atoms with E-state index in [0.29, 0.717) is 36.4 Å². The van der Waals surface area contributed by atoms with Gasteiger partial charge in [0.2, 0.25) is 0 Å². The highest BCUT2D eigenvalue weighted by molar-refractivity contribution is 5.84. The second kappa shape index (κ2) is 5.53. The summed E-state index contributed by atoms with van der Waals surface area (Å²) in [4.78, 5) is 13.4. The standard InChI is InChI=1S/C21H34O4/c1-4-12-6-8-15-14-7-5-13-9-21(24,25)17(23)11-20(13,3)18(14)16(22)10-19(12,15)2/h12-15,17-18,23-25H,4-11H2,1-3H3/t12-,13?,14-,15-,17?,18+,19+,20-/m0/s1. The van der Waals surface area contributed by atoms with Gasteiger partial charge in [-0.3, -0.25) is 4.79 Å². The Morgan fingerprint density at radius 2 is 1.76 bits per heavy atom. The summed E-state index contributed by atoms with van der Waals surface area (Å²) in [6.07, 6.45) is 5.67. The molecule has 0 spiro atoms. The molecule has 4 aliphatic carbocycles. The van der Waals surface area contributed by atoms with E-state index in [1.165, 1.54) is 12.8 Å². The van der Waals surface area contributed by atoms with Crippen LogP contribution in [0.1, 0.15) is 72.1 Å². The van der Waals surface area contributed by atoms with Gasteiger partial charge in [-0.1, -0.05) is 27.2 Å². The summed E-state index contributed by atoms with van der Waals surface area (Å²) >= 11 is 0. The number of carbonyl (C=O) groups excluding carboxylic acids is 1. The van der Waals surface area contributed by atoms with Crippen LogP contribution in [0.4, 0.5) is 0 Å². The number of hydrogen-bond acceptors (Lipinski definition) is 4. The van der Waals surface area contributed by atoms with Crippen molar-refractivity contribution in [2.75, 3.05) is 0 Å².